The molecule has 0 saturated heterocycles. The van der Waals surface area contributed by atoms with E-state index >= 15 is 0 Å². The second-order valence-corrected chi connectivity index (χ2v) is 10.7. The van der Waals surface area contributed by atoms with Crippen LogP contribution in [0.15, 0.2) is 0 Å². The zero-order valence-electron chi connectivity index (χ0n) is 17.7. The van der Waals surface area contributed by atoms with Crippen molar-refractivity contribution in [2.24, 2.45) is 22.8 Å². The third-order valence-corrected chi connectivity index (χ3v) is 7.12. The fourth-order valence-electron chi connectivity index (χ4n) is 4.28. The summed E-state index contributed by atoms with van der Waals surface area (Å²) in [5.74, 6) is -2.27. The highest BCUT2D eigenvalue weighted by Crippen LogP contribution is 2.52. The number of nitrogens with two attached hydrogens (primary N) is 2. The highest BCUT2D eigenvalue weighted by Gasteiger charge is 2.49. The van der Waals surface area contributed by atoms with E-state index in [0.717, 1.165) is 39.2 Å². The monoisotopic (exact) mass is 416 g/mol. The second-order valence-electron chi connectivity index (χ2n) is 9.30. The van der Waals surface area contributed by atoms with Crippen molar-refractivity contribution >= 4 is 29.5 Å². The molecular formula is C20H36N2O5S. The number of hydrogen-bond acceptors (Lipinski definition) is 7. The van der Waals surface area contributed by atoms with Crippen molar-refractivity contribution in [2.75, 3.05) is 12.9 Å². The largest absolute Gasteiger partial charge is 0.481 e. The van der Waals surface area contributed by atoms with Gasteiger partial charge in [0.1, 0.15) is 0 Å². The minimum atomic E-state index is -1.95. The molecule has 162 valence electrons. The van der Waals surface area contributed by atoms with Crippen LogP contribution in [0.2, 0.25) is 0 Å². The van der Waals surface area contributed by atoms with Crippen molar-refractivity contribution in [3.63, 3.8) is 0 Å². The number of rotatable bonds is 12. The van der Waals surface area contributed by atoms with E-state index in [1.807, 2.05) is 0 Å². The van der Waals surface area contributed by atoms with Crippen molar-refractivity contribution < 1.29 is 24.2 Å². The molecule has 0 radical (unpaired) electrons. The summed E-state index contributed by atoms with van der Waals surface area (Å²) in [6, 6.07) is -1.35. The molecule has 0 bridgehead atoms. The first-order chi connectivity index (χ1) is 12.8. The predicted octanol–water partition coefficient (Wildman–Crippen LogP) is 2.35. The number of carbonyl (C=O) groups excluding carboxylic acids is 2. The fourth-order valence-corrected chi connectivity index (χ4v) is 6.15. The van der Waals surface area contributed by atoms with Crippen LogP contribution in [0, 0.1) is 11.3 Å². The summed E-state index contributed by atoms with van der Waals surface area (Å²) in [7, 11) is 1.16. The number of aliphatic carboxylic acids is 1. The van der Waals surface area contributed by atoms with Gasteiger partial charge in [0, 0.05) is 10.5 Å². The minimum Gasteiger partial charge on any atom is -0.481 e. The number of ether oxygens (including phenoxy) is 1. The molecule has 0 aromatic heterocycles. The molecule has 28 heavy (non-hydrogen) atoms. The van der Waals surface area contributed by atoms with E-state index in [0.29, 0.717) is 5.92 Å². The van der Waals surface area contributed by atoms with Crippen LogP contribution >= 0.6 is 11.8 Å². The van der Waals surface area contributed by atoms with Gasteiger partial charge in [-0.1, -0.05) is 34.1 Å². The smallest absolute Gasteiger partial charge is 0.334 e. The average Bonchev–Trinajstić information content (AvgIpc) is 2.53. The summed E-state index contributed by atoms with van der Waals surface area (Å²) in [5, 5.41) is 8.91. The zero-order valence-corrected chi connectivity index (χ0v) is 18.6. The molecule has 1 rings (SSSR count). The Kier molecular flexibility index (Phi) is 8.53. The fraction of sp³-hybridized carbons (Fsp3) is 0.850. The van der Waals surface area contributed by atoms with Crippen molar-refractivity contribution in [3.05, 3.63) is 0 Å². The van der Waals surface area contributed by atoms with E-state index in [1.54, 1.807) is 0 Å². The van der Waals surface area contributed by atoms with Crippen molar-refractivity contribution in [1.82, 2.24) is 0 Å². The number of Topliss-reactive ketones (excluding diaryl/α,β-unsaturated/α-hetero) is 1. The Morgan fingerprint density at radius 1 is 1.25 bits per heavy atom. The van der Waals surface area contributed by atoms with Crippen LogP contribution in [-0.2, 0) is 19.1 Å². The molecule has 1 aliphatic rings. The predicted molar refractivity (Wildman–Crippen MR) is 111 cm³/mol. The average molecular weight is 417 g/mol. The van der Waals surface area contributed by atoms with Crippen LogP contribution in [0.1, 0.15) is 66.2 Å². The van der Waals surface area contributed by atoms with Gasteiger partial charge in [0.25, 0.3) is 0 Å². The van der Waals surface area contributed by atoms with Crippen LogP contribution in [-0.4, -0.2) is 52.0 Å². The Bertz CT molecular complexity index is 589. The number of carbonyl (C=O) groups is 3. The highest BCUT2D eigenvalue weighted by molar-refractivity contribution is 8.00. The molecule has 0 aromatic rings. The van der Waals surface area contributed by atoms with E-state index in [1.165, 1.54) is 11.8 Å². The number of ketones is 1. The first-order valence-corrected chi connectivity index (χ1v) is 10.8. The number of methoxy groups -OCH3 is 1. The van der Waals surface area contributed by atoms with E-state index < -0.39 is 35.7 Å². The van der Waals surface area contributed by atoms with E-state index in [9.17, 15) is 14.4 Å². The van der Waals surface area contributed by atoms with Crippen LogP contribution in [0.4, 0.5) is 0 Å². The van der Waals surface area contributed by atoms with Gasteiger partial charge in [-0.05, 0) is 37.0 Å². The lowest BCUT2D eigenvalue weighted by Gasteiger charge is -2.47. The van der Waals surface area contributed by atoms with Gasteiger partial charge < -0.3 is 21.3 Å². The third-order valence-electron chi connectivity index (χ3n) is 5.35. The number of hydrogen-bond donors (Lipinski definition) is 3. The summed E-state index contributed by atoms with van der Waals surface area (Å²) in [6.07, 6.45) is 4.59. The Morgan fingerprint density at radius 2 is 1.82 bits per heavy atom. The molecule has 0 aliphatic heterocycles. The summed E-state index contributed by atoms with van der Waals surface area (Å²) in [6.45, 7) is 8.90. The van der Waals surface area contributed by atoms with Gasteiger partial charge >= 0.3 is 11.9 Å². The van der Waals surface area contributed by atoms with Crippen molar-refractivity contribution in [1.29, 1.82) is 0 Å². The number of carboxylic acids is 1. The molecule has 0 amide bonds. The molecule has 2 atom stereocenters. The van der Waals surface area contributed by atoms with Gasteiger partial charge in [-0.25, -0.2) is 4.79 Å². The van der Waals surface area contributed by atoms with Crippen molar-refractivity contribution in [3.8, 4) is 0 Å². The van der Waals surface area contributed by atoms with Gasteiger partial charge in [0.15, 0.2) is 11.3 Å². The van der Waals surface area contributed by atoms with Gasteiger partial charge in [-0.15, -0.1) is 0 Å². The Labute approximate surface area is 172 Å². The molecule has 1 fully saturated rings. The van der Waals surface area contributed by atoms with E-state index in [4.69, 9.17) is 21.3 Å². The van der Waals surface area contributed by atoms with Gasteiger partial charge in [0.05, 0.1) is 19.6 Å². The van der Waals surface area contributed by atoms with E-state index in [-0.39, 0.29) is 15.9 Å². The molecule has 0 unspecified atom stereocenters. The normalized spacial score (nSPS) is 19.4. The Balaban J connectivity index is 2.95. The van der Waals surface area contributed by atoms with Gasteiger partial charge in [-0.2, -0.15) is 11.8 Å². The molecule has 0 aromatic carbocycles. The molecule has 7 nitrogen and oxygen atoms in total. The zero-order chi connectivity index (χ0) is 21.8. The lowest BCUT2D eigenvalue weighted by atomic mass is 9.70. The number of esters is 1. The third kappa shape index (κ3) is 6.46. The molecule has 1 saturated carbocycles. The lowest BCUT2D eigenvalue weighted by molar-refractivity contribution is -0.151. The molecular weight excluding hydrogens is 380 g/mol. The number of carboxylic acid groups (broad SMARTS) is 1. The lowest BCUT2D eigenvalue weighted by Crippen LogP contribution is -2.63. The summed E-state index contributed by atoms with van der Waals surface area (Å²) in [5.41, 5.74) is 10.1. The summed E-state index contributed by atoms with van der Waals surface area (Å²) >= 11 is 1.53. The van der Waals surface area contributed by atoms with Crippen LogP contribution in [0.25, 0.3) is 0 Å². The first-order valence-electron chi connectivity index (χ1n) is 9.80. The summed E-state index contributed by atoms with van der Waals surface area (Å²) < 4.78 is 4.73. The standard InChI is InChI=1S/C20H36N2O5S/c1-13(2)10-18(3,4)11-19(7-6-8-19)28-12-20(22,17(26)27-5)16(25)14(21)9-15(23)24/h13-14H,6-12,21-22H2,1-5H3,(H,23,24)/t14-,20+/m0/s1. The topological polar surface area (TPSA) is 133 Å². The molecule has 1 aliphatic carbocycles. The van der Waals surface area contributed by atoms with Crippen LogP contribution in [0.5, 0.6) is 0 Å². The molecule has 0 spiro atoms. The van der Waals surface area contributed by atoms with E-state index in [2.05, 4.69) is 27.7 Å². The number of thioether (sulfide) groups is 1. The molecule has 0 heterocycles. The Morgan fingerprint density at radius 3 is 2.21 bits per heavy atom. The maximum atomic E-state index is 12.7. The first kappa shape index (κ1) is 24.9. The van der Waals surface area contributed by atoms with Crippen LogP contribution in [0.3, 0.4) is 0 Å². The van der Waals surface area contributed by atoms with Gasteiger partial charge in [-0.3, -0.25) is 9.59 Å². The highest BCUT2D eigenvalue weighted by atomic mass is 32.2. The maximum Gasteiger partial charge on any atom is 0.334 e. The van der Waals surface area contributed by atoms with Crippen LogP contribution < -0.4 is 11.5 Å². The minimum absolute atomic E-state index is 0.0313. The van der Waals surface area contributed by atoms with Gasteiger partial charge in [0.2, 0.25) is 0 Å². The quantitative estimate of drug-likeness (QED) is 0.326. The molecule has 5 N–H and O–H groups in total. The van der Waals surface area contributed by atoms with Crippen molar-refractivity contribution in [2.45, 2.75) is 82.5 Å². The second kappa shape index (κ2) is 9.59. The Hall–Kier alpha value is -1.12. The summed E-state index contributed by atoms with van der Waals surface area (Å²) in [4.78, 5) is 36.0. The molecule has 8 heteroatoms. The maximum absolute atomic E-state index is 12.7. The SMILES string of the molecule is COC(=O)[C@@](N)(CSC1(CC(C)(C)CC(C)C)CCC1)C(=O)[C@@H](N)CC(=O)O.